The van der Waals surface area contributed by atoms with Gasteiger partial charge in [0.05, 0.1) is 25.3 Å². The molecule has 0 saturated heterocycles. The molecule has 0 spiro atoms. The highest BCUT2D eigenvalue weighted by molar-refractivity contribution is 5.91. The first kappa shape index (κ1) is 21.2. The average Bonchev–Trinajstić information content (AvgIpc) is 3.14. The zero-order chi connectivity index (χ0) is 22.9. The van der Waals surface area contributed by atoms with Crippen molar-refractivity contribution in [3.63, 3.8) is 0 Å². The van der Waals surface area contributed by atoms with Gasteiger partial charge in [-0.25, -0.2) is 9.97 Å². The number of amides is 1. The minimum absolute atomic E-state index is 0.133. The number of hydrogen-bond acceptors (Lipinski definition) is 5. The standard InChI is InChI=1S/C22H18F3N5O2/c1-32-16-4-2-3-13(7-16)8-20(31)29-18-12-30-11-14(5-6-19(30)28-18)15-9-17(22(23,24)25)21(26)27-10-15/h2-7,9-12H,8H2,1H3,(H2,26,27)(H,29,31). The first-order valence-corrected chi connectivity index (χ1v) is 9.47. The SMILES string of the molecule is COc1cccc(CC(=O)Nc2cn3cc(-c4cnc(N)c(C(F)(F)F)c4)ccc3n2)c1. The topological polar surface area (TPSA) is 94.5 Å². The van der Waals surface area contributed by atoms with Crippen molar-refractivity contribution >= 4 is 23.2 Å². The molecule has 3 aromatic heterocycles. The number of fused-ring (bicyclic) bond motifs is 1. The number of carbonyl (C=O) groups excluding carboxylic acids is 1. The van der Waals surface area contributed by atoms with E-state index in [1.807, 2.05) is 6.07 Å². The van der Waals surface area contributed by atoms with Crippen molar-refractivity contribution in [2.45, 2.75) is 12.6 Å². The number of anilines is 2. The summed E-state index contributed by atoms with van der Waals surface area (Å²) >= 11 is 0. The largest absolute Gasteiger partial charge is 0.497 e. The van der Waals surface area contributed by atoms with Crippen LogP contribution in [-0.4, -0.2) is 27.4 Å². The molecule has 0 radical (unpaired) electrons. The maximum atomic E-state index is 13.1. The summed E-state index contributed by atoms with van der Waals surface area (Å²) in [5.74, 6) is 0.133. The van der Waals surface area contributed by atoms with Crippen LogP contribution < -0.4 is 15.8 Å². The molecule has 32 heavy (non-hydrogen) atoms. The van der Waals surface area contributed by atoms with E-state index in [9.17, 15) is 18.0 Å². The van der Waals surface area contributed by atoms with Crippen LogP contribution in [0.15, 0.2) is 61.1 Å². The van der Waals surface area contributed by atoms with E-state index in [1.165, 1.54) is 6.20 Å². The number of nitrogens with one attached hydrogen (secondary N) is 1. The molecule has 0 unspecified atom stereocenters. The lowest BCUT2D eigenvalue weighted by atomic mass is 10.1. The fourth-order valence-corrected chi connectivity index (χ4v) is 3.24. The molecule has 164 valence electrons. The first-order chi connectivity index (χ1) is 15.2. The molecule has 4 rings (SSSR count). The van der Waals surface area contributed by atoms with Crippen molar-refractivity contribution in [3.05, 3.63) is 72.2 Å². The van der Waals surface area contributed by atoms with Crippen LogP contribution in [-0.2, 0) is 17.4 Å². The Morgan fingerprint density at radius 3 is 2.72 bits per heavy atom. The number of aromatic nitrogens is 3. The molecular formula is C22H18F3N5O2. The number of benzene rings is 1. The summed E-state index contributed by atoms with van der Waals surface area (Å²) in [4.78, 5) is 20.4. The van der Waals surface area contributed by atoms with Crippen molar-refractivity contribution < 1.29 is 22.7 Å². The summed E-state index contributed by atoms with van der Waals surface area (Å²) in [6.07, 6.45) is -0.00925. The van der Waals surface area contributed by atoms with Crippen LogP contribution in [0.2, 0.25) is 0 Å². The molecule has 1 aromatic carbocycles. The number of imidazole rings is 1. The van der Waals surface area contributed by atoms with Gasteiger partial charge < -0.3 is 20.2 Å². The Balaban J connectivity index is 1.55. The summed E-state index contributed by atoms with van der Waals surface area (Å²) in [6.45, 7) is 0. The number of hydrogen-bond donors (Lipinski definition) is 2. The monoisotopic (exact) mass is 441 g/mol. The number of nitrogen functional groups attached to an aromatic ring is 1. The van der Waals surface area contributed by atoms with Gasteiger partial charge in [-0.3, -0.25) is 4.79 Å². The van der Waals surface area contributed by atoms with Gasteiger partial charge >= 0.3 is 6.18 Å². The number of pyridine rings is 2. The van der Waals surface area contributed by atoms with Crippen LogP contribution in [0.1, 0.15) is 11.1 Å². The molecule has 0 aliphatic carbocycles. The lowest BCUT2D eigenvalue weighted by Gasteiger charge is -2.11. The Labute approximate surface area is 180 Å². The van der Waals surface area contributed by atoms with E-state index in [0.29, 0.717) is 22.8 Å². The van der Waals surface area contributed by atoms with Gasteiger partial charge in [0.25, 0.3) is 0 Å². The first-order valence-electron chi connectivity index (χ1n) is 9.47. The van der Waals surface area contributed by atoms with Gasteiger partial charge in [0.2, 0.25) is 5.91 Å². The van der Waals surface area contributed by atoms with Crippen LogP contribution in [0.25, 0.3) is 16.8 Å². The Hall–Kier alpha value is -4.08. The second-order valence-corrected chi connectivity index (χ2v) is 7.04. The third-order valence-corrected chi connectivity index (χ3v) is 4.77. The van der Waals surface area contributed by atoms with Gasteiger partial charge in [0, 0.05) is 23.5 Å². The zero-order valence-electron chi connectivity index (χ0n) is 16.8. The Bertz CT molecular complexity index is 1300. The van der Waals surface area contributed by atoms with Crippen LogP contribution in [0.3, 0.4) is 0 Å². The van der Waals surface area contributed by atoms with E-state index in [2.05, 4.69) is 15.3 Å². The van der Waals surface area contributed by atoms with Gasteiger partial charge in [-0.15, -0.1) is 0 Å². The van der Waals surface area contributed by atoms with Crippen molar-refractivity contribution in [2.75, 3.05) is 18.2 Å². The minimum atomic E-state index is -4.60. The molecule has 0 fully saturated rings. The lowest BCUT2D eigenvalue weighted by Crippen LogP contribution is -2.14. The molecule has 0 bridgehead atoms. The van der Waals surface area contributed by atoms with Crippen molar-refractivity contribution in [2.24, 2.45) is 0 Å². The number of alkyl halides is 3. The lowest BCUT2D eigenvalue weighted by molar-refractivity contribution is -0.137. The molecule has 1 amide bonds. The number of rotatable bonds is 5. The molecular weight excluding hydrogens is 423 g/mol. The number of ether oxygens (including phenoxy) is 1. The predicted octanol–water partition coefficient (Wildman–Crippen LogP) is 4.19. The molecule has 4 aromatic rings. The van der Waals surface area contributed by atoms with Crippen LogP contribution in [0.4, 0.5) is 24.8 Å². The molecule has 3 heterocycles. The Morgan fingerprint density at radius 2 is 1.97 bits per heavy atom. The molecule has 0 atom stereocenters. The number of carbonyl (C=O) groups is 1. The summed E-state index contributed by atoms with van der Waals surface area (Å²) in [5, 5.41) is 2.72. The van der Waals surface area contributed by atoms with Crippen molar-refractivity contribution in [1.82, 2.24) is 14.4 Å². The maximum Gasteiger partial charge on any atom is 0.419 e. The number of nitrogens with zero attached hydrogens (tertiary/aromatic N) is 3. The van der Waals surface area contributed by atoms with Crippen molar-refractivity contribution in [1.29, 1.82) is 0 Å². The fourth-order valence-electron chi connectivity index (χ4n) is 3.24. The van der Waals surface area contributed by atoms with Crippen LogP contribution >= 0.6 is 0 Å². The third-order valence-electron chi connectivity index (χ3n) is 4.77. The number of methoxy groups -OCH3 is 1. The third kappa shape index (κ3) is 4.48. The smallest absolute Gasteiger partial charge is 0.419 e. The van der Waals surface area contributed by atoms with Gasteiger partial charge in [0.1, 0.15) is 17.2 Å². The van der Waals surface area contributed by atoms with E-state index in [4.69, 9.17) is 10.5 Å². The highest BCUT2D eigenvalue weighted by Crippen LogP contribution is 2.35. The highest BCUT2D eigenvalue weighted by atomic mass is 19.4. The summed E-state index contributed by atoms with van der Waals surface area (Å²) in [6, 6.07) is 11.4. The second kappa shape index (κ2) is 8.22. The summed E-state index contributed by atoms with van der Waals surface area (Å²) in [5.41, 5.74) is 6.42. The van der Waals surface area contributed by atoms with Gasteiger partial charge in [-0.1, -0.05) is 12.1 Å². The van der Waals surface area contributed by atoms with E-state index in [1.54, 1.807) is 54.2 Å². The van der Waals surface area contributed by atoms with E-state index >= 15 is 0 Å². The quantitative estimate of drug-likeness (QED) is 0.484. The zero-order valence-corrected chi connectivity index (χ0v) is 16.8. The average molecular weight is 441 g/mol. The normalized spacial score (nSPS) is 11.5. The number of halogens is 3. The minimum Gasteiger partial charge on any atom is -0.497 e. The second-order valence-electron chi connectivity index (χ2n) is 7.04. The predicted molar refractivity (Wildman–Crippen MR) is 113 cm³/mol. The van der Waals surface area contributed by atoms with Gasteiger partial charge in [-0.05, 0) is 35.9 Å². The Kier molecular flexibility index (Phi) is 5.43. The molecule has 0 aliphatic heterocycles. The highest BCUT2D eigenvalue weighted by Gasteiger charge is 2.34. The Morgan fingerprint density at radius 1 is 1.16 bits per heavy atom. The van der Waals surface area contributed by atoms with Crippen LogP contribution in [0.5, 0.6) is 5.75 Å². The summed E-state index contributed by atoms with van der Waals surface area (Å²) < 4.78 is 46.2. The fraction of sp³-hybridized carbons (Fsp3) is 0.136. The van der Waals surface area contributed by atoms with Crippen molar-refractivity contribution in [3.8, 4) is 16.9 Å². The molecule has 0 saturated carbocycles. The van der Waals surface area contributed by atoms with Crippen LogP contribution in [0, 0.1) is 0 Å². The van der Waals surface area contributed by atoms with Gasteiger partial charge in [-0.2, -0.15) is 13.2 Å². The van der Waals surface area contributed by atoms with E-state index in [-0.39, 0.29) is 17.9 Å². The summed E-state index contributed by atoms with van der Waals surface area (Å²) in [7, 11) is 1.55. The molecule has 3 N–H and O–H groups in total. The maximum absolute atomic E-state index is 13.1. The number of nitrogens with two attached hydrogens (primary N) is 1. The molecule has 7 nitrogen and oxygen atoms in total. The van der Waals surface area contributed by atoms with E-state index < -0.39 is 17.6 Å². The molecule has 0 aliphatic rings. The van der Waals surface area contributed by atoms with Gasteiger partial charge in [0.15, 0.2) is 5.82 Å². The molecule has 10 heteroatoms. The van der Waals surface area contributed by atoms with E-state index in [0.717, 1.165) is 11.6 Å².